The summed E-state index contributed by atoms with van der Waals surface area (Å²) < 4.78 is 32.9. The summed E-state index contributed by atoms with van der Waals surface area (Å²) >= 11 is 1.78. The van der Waals surface area contributed by atoms with Gasteiger partial charge in [-0.1, -0.05) is 23.5 Å². The van der Waals surface area contributed by atoms with Crippen LogP contribution in [0, 0.1) is 0 Å². The number of halogens is 2. The van der Waals surface area contributed by atoms with E-state index in [2.05, 4.69) is 15.2 Å². The minimum Gasteiger partial charge on any atom is -0.372 e. The maximum Gasteiger partial charge on any atom is 0.288 e. The molecule has 3 aromatic rings. The maximum absolute atomic E-state index is 12.8. The van der Waals surface area contributed by atoms with E-state index in [-0.39, 0.29) is 23.9 Å². The van der Waals surface area contributed by atoms with Crippen LogP contribution in [0.1, 0.15) is 13.8 Å². The molecule has 1 amide bonds. The van der Waals surface area contributed by atoms with E-state index >= 15 is 0 Å². The smallest absolute Gasteiger partial charge is 0.288 e. The summed E-state index contributed by atoms with van der Waals surface area (Å²) in [5, 5.41) is 9.18. The van der Waals surface area contributed by atoms with Gasteiger partial charge in [0, 0.05) is 41.6 Å². The van der Waals surface area contributed by atoms with Crippen molar-refractivity contribution in [3.8, 4) is 17.1 Å². The van der Waals surface area contributed by atoms with Gasteiger partial charge in [0.25, 0.3) is 5.76 Å². The lowest BCUT2D eigenvalue weighted by Gasteiger charge is -2.35. The molecule has 3 heterocycles. The van der Waals surface area contributed by atoms with E-state index in [1.807, 2.05) is 29.4 Å². The van der Waals surface area contributed by atoms with Crippen molar-refractivity contribution in [2.24, 2.45) is 0 Å². The van der Waals surface area contributed by atoms with Crippen LogP contribution in [0.25, 0.3) is 17.1 Å². The van der Waals surface area contributed by atoms with Crippen LogP contribution < -0.4 is 0 Å². The summed E-state index contributed by atoms with van der Waals surface area (Å²) in [5.74, 6) is -1.73. The first kappa shape index (κ1) is 23.7. The third-order valence-electron chi connectivity index (χ3n) is 4.97. The molecule has 1 fully saturated rings. The molecule has 0 spiro atoms. The minimum absolute atomic E-state index is 0.00293. The van der Waals surface area contributed by atoms with E-state index in [0.29, 0.717) is 46.4 Å². The van der Waals surface area contributed by atoms with Gasteiger partial charge in [-0.2, -0.15) is 8.78 Å². The fourth-order valence-corrected chi connectivity index (χ4v) is 5.01. The molecule has 33 heavy (non-hydrogen) atoms. The fraction of sp³-hybridized carbons (Fsp3) is 0.364. The molecule has 7 nitrogen and oxygen atoms in total. The van der Waals surface area contributed by atoms with Crippen LogP contribution in [0.4, 0.5) is 8.78 Å². The molecule has 0 saturated carbocycles. The number of carbonyl (C=O) groups excluding carboxylic acids is 1. The van der Waals surface area contributed by atoms with E-state index in [9.17, 15) is 13.6 Å². The molecule has 1 aliphatic rings. The molecule has 0 unspecified atom stereocenters. The Morgan fingerprint density at radius 3 is 2.52 bits per heavy atom. The lowest BCUT2D eigenvalue weighted by Crippen LogP contribution is -2.48. The average molecular weight is 492 g/mol. The SMILES string of the molecule is C[C@@H]1CN(C(=O)CSc2nnc(-c3cccnc3)n2-c2ccc(SC(F)F)cc2)C[C@H](C)O1. The number of carbonyl (C=O) groups is 1. The first-order chi connectivity index (χ1) is 15.9. The summed E-state index contributed by atoms with van der Waals surface area (Å²) in [6.45, 7) is 5.02. The normalized spacial score (nSPS) is 18.6. The molecular weight excluding hydrogens is 468 g/mol. The first-order valence-corrected chi connectivity index (χ1v) is 12.2. The molecule has 2 atom stereocenters. The zero-order valence-corrected chi connectivity index (χ0v) is 19.7. The second-order valence-corrected chi connectivity index (χ2v) is 9.61. The van der Waals surface area contributed by atoms with Gasteiger partial charge in [0.1, 0.15) is 0 Å². The Morgan fingerprint density at radius 1 is 1.15 bits per heavy atom. The summed E-state index contributed by atoms with van der Waals surface area (Å²) in [7, 11) is 0. The van der Waals surface area contributed by atoms with Gasteiger partial charge in [0.05, 0.1) is 18.0 Å². The molecule has 11 heteroatoms. The Bertz CT molecular complexity index is 1070. The number of hydrogen-bond donors (Lipinski definition) is 0. The van der Waals surface area contributed by atoms with Gasteiger partial charge in [0.2, 0.25) is 5.91 Å². The van der Waals surface area contributed by atoms with Crippen LogP contribution >= 0.6 is 23.5 Å². The highest BCUT2D eigenvalue weighted by molar-refractivity contribution is 8.00. The Balaban J connectivity index is 1.59. The molecule has 174 valence electrons. The summed E-state index contributed by atoms with van der Waals surface area (Å²) in [6.07, 6.45) is 3.33. The van der Waals surface area contributed by atoms with E-state index < -0.39 is 5.76 Å². The monoisotopic (exact) mass is 491 g/mol. The predicted molar refractivity (Wildman–Crippen MR) is 124 cm³/mol. The largest absolute Gasteiger partial charge is 0.372 e. The Kier molecular flexibility index (Phi) is 7.61. The number of aromatic nitrogens is 4. The van der Waals surface area contributed by atoms with Gasteiger partial charge in [-0.25, -0.2) is 0 Å². The van der Waals surface area contributed by atoms with E-state index in [1.165, 1.54) is 11.8 Å². The number of ether oxygens (including phenoxy) is 1. The van der Waals surface area contributed by atoms with Crippen LogP contribution in [0.3, 0.4) is 0 Å². The van der Waals surface area contributed by atoms with Gasteiger partial charge in [-0.05, 0) is 50.2 Å². The van der Waals surface area contributed by atoms with Crippen LogP contribution in [-0.2, 0) is 9.53 Å². The summed E-state index contributed by atoms with van der Waals surface area (Å²) in [6, 6.07) is 10.4. The first-order valence-electron chi connectivity index (χ1n) is 10.4. The standard InChI is InChI=1S/C22H23F2N5O2S2/c1-14-11-28(12-15(2)31-14)19(30)13-32-22-27-26-20(16-4-3-9-25-10-16)29(22)17-5-7-18(8-6-17)33-21(23)24/h3-10,14-15,21H,11-13H2,1-2H3/t14-,15+. The summed E-state index contributed by atoms with van der Waals surface area (Å²) in [5.41, 5.74) is 1.46. The maximum atomic E-state index is 12.8. The van der Waals surface area contributed by atoms with Crippen molar-refractivity contribution < 1.29 is 18.3 Å². The molecule has 4 rings (SSSR count). The third kappa shape index (κ3) is 5.90. The minimum atomic E-state index is -2.49. The highest BCUT2D eigenvalue weighted by Crippen LogP contribution is 2.30. The highest BCUT2D eigenvalue weighted by Gasteiger charge is 2.26. The lowest BCUT2D eigenvalue weighted by molar-refractivity contribution is -0.140. The molecule has 0 radical (unpaired) electrons. The number of rotatable bonds is 7. The van der Waals surface area contributed by atoms with Gasteiger partial charge in [-0.3, -0.25) is 14.3 Å². The van der Waals surface area contributed by atoms with Gasteiger partial charge in [0.15, 0.2) is 11.0 Å². The number of nitrogens with zero attached hydrogens (tertiary/aromatic N) is 5. The number of thioether (sulfide) groups is 2. The van der Waals surface area contributed by atoms with Crippen LogP contribution in [0.2, 0.25) is 0 Å². The average Bonchev–Trinajstić information content (AvgIpc) is 3.21. The molecule has 0 aliphatic carbocycles. The molecule has 1 aromatic carbocycles. The Labute approximate surface area is 198 Å². The fourth-order valence-electron chi connectivity index (χ4n) is 3.65. The van der Waals surface area contributed by atoms with Crippen LogP contribution in [0.15, 0.2) is 58.8 Å². The number of amides is 1. The zero-order valence-electron chi connectivity index (χ0n) is 18.1. The Hall–Kier alpha value is -2.50. The van der Waals surface area contributed by atoms with Crippen molar-refractivity contribution in [2.45, 2.75) is 41.9 Å². The van der Waals surface area contributed by atoms with Crippen molar-refractivity contribution >= 4 is 29.4 Å². The molecule has 1 saturated heterocycles. The number of benzene rings is 1. The van der Waals surface area contributed by atoms with E-state index in [1.54, 1.807) is 42.7 Å². The molecule has 0 N–H and O–H groups in total. The molecule has 1 aliphatic heterocycles. The van der Waals surface area contributed by atoms with Crippen molar-refractivity contribution in [3.63, 3.8) is 0 Å². The zero-order chi connectivity index (χ0) is 23.4. The van der Waals surface area contributed by atoms with Crippen LogP contribution in [0.5, 0.6) is 0 Å². The highest BCUT2D eigenvalue weighted by atomic mass is 32.2. The summed E-state index contributed by atoms with van der Waals surface area (Å²) in [4.78, 5) is 19.3. The third-order valence-corrected chi connectivity index (χ3v) is 6.61. The second-order valence-electron chi connectivity index (χ2n) is 7.60. The van der Waals surface area contributed by atoms with Crippen molar-refractivity contribution in [1.29, 1.82) is 0 Å². The van der Waals surface area contributed by atoms with Gasteiger partial charge >= 0.3 is 0 Å². The number of alkyl halides is 2. The quantitative estimate of drug-likeness (QED) is 0.455. The molecular formula is C22H23F2N5O2S2. The second kappa shape index (κ2) is 10.6. The molecule has 2 aromatic heterocycles. The number of pyridine rings is 1. The van der Waals surface area contributed by atoms with Gasteiger partial charge in [-0.15, -0.1) is 10.2 Å². The van der Waals surface area contributed by atoms with Crippen molar-refractivity contribution in [3.05, 3.63) is 48.8 Å². The van der Waals surface area contributed by atoms with Crippen molar-refractivity contribution in [1.82, 2.24) is 24.6 Å². The number of morpholine rings is 1. The van der Waals surface area contributed by atoms with Crippen molar-refractivity contribution in [2.75, 3.05) is 18.8 Å². The van der Waals surface area contributed by atoms with E-state index in [0.717, 1.165) is 5.56 Å². The molecule has 0 bridgehead atoms. The van der Waals surface area contributed by atoms with Crippen LogP contribution in [-0.4, -0.2) is 67.4 Å². The Morgan fingerprint density at radius 2 is 1.88 bits per heavy atom. The number of hydrogen-bond acceptors (Lipinski definition) is 7. The topological polar surface area (TPSA) is 73.1 Å². The predicted octanol–water partition coefficient (Wildman–Crippen LogP) is 4.37. The lowest BCUT2D eigenvalue weighted by atomic mass is 10.2. The van der Waals surface area contributed by atoms with E-state index in [4.69, 9.17) is 4.74 Å². The van der Waals surface area contributed by atoms with Gasteiger partial charge < -0.3 is 9.64 Å².